The van der Waals surface area contributed by atoms with Gasteiger partial charge in [0.25, 0.3) is 0 Å². The molecule has 1 rings (SSSR count). The lowest BCUT2D eigenvalue weighted by atomic mass is 10.1. The Morgan fingerprint density at radius 1 is 1.41 bits per heavy atom. The molecule has 0 aliphatic carbocycles. The molecule has 0 aliphatic heterocycles. The highest BCUT2D eigenvalue weighted by Gasteiger charge is 2.12. The molecule has 0 radical (unpaired) electrons. The van der Waals surface area contributed by atoms with E-state index in [-0.39, 0.29) is 11.9 Å². The van der Waals surface area contributed by atoms with Gasteiger partial charge in [-0.2, -0.15) is 0 Å². The topological polar surface area (TPSA) is 67.8 Å². The molecule has 0 heterocycles. The van der Waals surface area contributed by atoms with Gasteiger partial charge in [0, 0.05) is 5.56 Å². The molecular weight excluding hydrogens is 284 g/mol. The van der Waals surface area contributed by atoms with Crippen molar-refractivity contribution in [3.8, 4) is 5.75 Å². The molecule has 1 aromatic rings. The highest BCUT2D eigenvalue weighted by Crippen LogP contribution is 2.27. The minimum atomic E-state index is 0.0779. The predicted octanol–water partition coefficient (Wildman–Crippen LogP) is 2.97. The number of rotatable bonds is 4. The Morgan fingerprint density at radius 3 is 2.53 bits per heavy atom. The maximum atomic E-state index is 8.58. The highest BCUT2D eigenvalue weighted by atomic mass is 79.9. The molecule has 0 saturated heterocycles. The van der Waals surface area contributed by atoms with Crippen molar-refractivity contribution in [1.82, 2.24) is 0 Å². The molecule has 5 heteroatoms. The Morgan fingerprint density at radius 2 is 2.06 bits per heavy atom. The van der Waals surface area contributed by atoms with Gasteiger partial charge in [-0.25, -0.2) is 0 Å². The number of halogens is 1. The van der Waals surface area contributed by atoms with Crippen LogP contribution in [0.5, 0.6) is 5.75 Å². The lowest BCUT2D eigenvalue weighted by Crippen LogP contribution is -2.19. The lowest BCUT2D eigenvalue weighted by Gasteiger charge is -2.19. The summed E-state index contributed by atoms with van der Waals surface area (Å²) in [6.07, 6.45) is 0.126. The average Bonchev–Trinajstić information content (AvgIpc) is 2.30. The third-order valence-corrected chi connectivity index (χ3v) is 3.21. The van der Waals surface area contributed by atoms with Gasteiger partial charge in [0.15, 0.2) is 5.84 Å². The molecule has 0 saturated carbocycles. The van der Waals surface area contributed by atoms with Crippen LogP contribution >= 0.6 is 15.9 Å². The van der Waals surface area contributed by atoms with E-state index in [0.29, 0.717) is 11.5 Å². The van der Waals surface area contributed by atoms with Crippen LogP contribution in [0.25, 0.3) is 0 Å². The molecule has 1 aromatic carbocycles. The van der Waals surface area contributed by atoms with Crippen molar-refractivity contribution in [3.05, 3.63) is 28.2 Å². The van der Waals surface area contributed by atoms with Gasteiger partial charge in [-0.3, -0.25) is 0 Å². The molecule has 4 nitrogen and oxygen atoms in total. The van der Waals surface area contributed by atoms with Crippen molar-refractivity contribution in [2.45, 2.75) is 26.9 Å². The Kier molecular flexibility index (Phi) is 4.81. The van der Waals surface area contributed by atoms with E-state index >= 15 is 0 Å². The van der Waals surface area contributed by atoms with Crippen LogP contribution in [0.3, 0.4) is 0 Å². The van der Waals surface area contributed by atoms with Gasteiger partial charge in [0.2, 0.25) is 0 Å². The summed E-state index contributed by atoms with van der Waals surface area (Å²) in [6.45, 7) is 6.22. The number of ether oxygens (including phenoxy) is 1. The van der Waals surface area contributed by atoms with Crippen LogP contribution in [0, 0.1) is 5.92 Å². The van der Waals surface area contributed by atoms with Gasteiger partial charge in [0.05, 0.1) is 10.6 Å². The molecule has 17 heavy (non-hydrogen) atoms. The second-order valence-electron chi connectivity index (χ2n) is 4.20. The minimum absolute atomic E-state index is 0.0779. The molecule has 0 bridgehead atoms. The van der Waals surface area contributed by atoms with Crippen molar-refractivity contribution >= 4 is 21.8 Å². The number of oxime groups is 1. The molecule has 0 aliphatic rings. The summed E-state index contributed by atoms with van der Waals surface area (Å²) >= 11 is 3.41. The molecular formula is C12H17BrN2O2. The maximum absolute atomic E-state index is 8.58. The van der Waals surface area contributed by atoms with Crippen molar-refractivity contribution in [1.29, 1.82) is 0 Å². The summed E-state index contributed by atoms with van der Waals surface area (Å²) in [6, 6.07) is 5.32. The number of nitrogens with two attached hydrogens (primary N) is 1. The molecule has 3 N–H and O–H groups in total. The third kappa shape index (κ3) is 3.63. The van der Waals surface area contributed by atoms with E-state index in [1.165, 1.54) is 0 Å². The van der Waals surface area contributed by atoms with Crippen LogP contribution in [-0.2, 0) is 0 Å². The van der Waals surface area contributed by atoms with Crippen molar-refractivity contribution < 1.29 is 9.94 Å². The zero-order chi connectivity index (χ0) is 13.0. The van der Waals surface area contributed by atoms with Crippen LogP contribution in [0.15, 0.2) is 27.8 Å². The fourth-order valence-corrected chi connectivity index (χ4v) is 1.62. The zero-order valence-corrected chi connectivity index (χ0v) is 11.7. The van der Waals surface area contributed by atoms with Crippen LogP contribution in [0.4, 0.5) is 0 Å². The molecule has 0 aromatic heterocycles. The van der Waals surface area contributed by atoms with E-state index in [4.69, 9.17) is 15.7 Å². The first-order valence-electron chi connectivity index (χ1n) is 5.39. The number of benzene rings is 1. The average molecular weight is 301 g/mol. The molecule has 94 valence electrons. The summed E-state index contributed by atoms with van der Waals surface area (Å²) in [5.41, 5.74) is 6.14. The fourth-order valence-electron chi connectivity index (χ4n) is 1.15. The number of nitrogens with zero attached hydrogens (tertiary/aromatic N) is 1. The zero-order valence-electron chi connectivity index (χ0n) is 10.1. The number of amidine groups is 1. The Balaban J connectivity index is 2.91. The summed E-state index contributed by atoms with van der Waals surface area (Å²) in [5, 5.41) is 11.5. The van der Waals surface area contributed by atoms with Gasteiger partial charge in [-0.05, 0) is 47.0 Å². The van der Waals surface area contributed by atoms with Crippen molar-refractivity contribution in [3.63, 3.8) is 0 Å². The van der Waals surface area contributed by atoms with Crippen LogP contribution < -0.4 is 10.5 Å². The molecule has 0 fully saturated rings. The molecule has 1 unspecified atom stereocenters. The Hall–Kier alpha value is -1.23. The molecule has 0 amide bonds. The van der Waals surface area contributed by atoms with Gasteiger partial charge >= 0.3 is 0 Å². The molecule has 1 atom stereocenters. The van der Waals surface area contributed by atoms with E-state index in [1.54, 1.807) is 18.2 Å². The fraction of sp³-hybridized carbons (Fsp3) is 0.417. The second-order valence-corrected chi connectivity index (χ2v) is 5.05. The lowest BCUT2D eigenvalue weighted by molar-refractivity contribution is 0.169. The first kappa shape index (κ1) is 13.8. The Bertz CT molecular complexity index is 419. The van der Waals surface area contributed by atoms with Gasteiger partial charge < -0.3 is 15.7 Å². The smallest absolute Gasteiger partial charge is 0.170 e. The monoisotopic (exact) mass is 300 g/mol. The number of hydrogen-bond acceptors (Lipinski definition) is 3. The first-order valence-corrected chi connectivity index (χ1v) is 6.19. The number of hydrogen-bond donors (Lipinski definition) is 2. The van der Waals surface area contributed by atoms with Gasteiger partial charge in [-0.1, -0.05) is 19.0 Å². The molecule has 0 spiro atoms. The Labute approximate surface area is 110 Å². The normalized spacial score (nSPS) is 13.8. The van der Waals surface area contributed by atoms with Crippen molar-refractivity contribution in [2.75, 3.05) is 0 Å². The van der Waals surface area contributed by atoms with E-state index < -0.39 is 0 Å². The first-order chi connectivity index (χ1) is 7.95. The quantitative estimate of drug-likeness (QED) is 0.389. The van der Waals surface area contributed by atoms with E-state index in [2.05, 4.69) is 34.9 Å². The summed E-state index contributed by atoms with van der Waals surface area (Å²) in [4.78, 5) is 0. The second kappa shape index (κ2) is 5.91. The standard InChI is InChI=1S/C12H17BrN2O2/c1-7(2)8(3)17-11-5-4-9(6-10(11)13)12(14)15-16/h4-8,16H,1-3H3,(H2,14,15). The maximum Gasteiger partial charge on any atom is 0.170 e. The van der Waals surface area contributed by atoms with E-state index in [9.17, 15) is 0 Å². The third-order valence-electron chi connectivity index (χ3n) is 2.59. The summed E-state index contributed by atoms with van der Waals surface area (Å²) in [7, 11) is 0. The predicted molar refractivity (Wildman–Crippen MR) is 71.6 cm³/mol. The van der Waals surface area contributed by atoms with E-state index in [1.807, 2.05) is 6.92 Å². The summed E-state index contributed by atoms with van der Waals surface area (Å²) in [5.74, 6) is 1.26. The minimum Gasteiger partial charge on any atom is -0.489 e. The van der Waals surface area contributed by atoms with E-state index in [0.717, 1.165) is 10.2 Å². The van der Waals surface area contributed by atoms with Crippen molar-refractivity contribution in [2.24, 2.45) is 16.8 Å². The van der Waals surface area contributed by atoms with Crippen LogP contribution in [-0.4, -0.2) is 17.1 Å². The van der Waals surface area contributed by atoms with Crippen LogP contribution in [0.1, 0.15) is 26.3 Å². The van der Waals surface area contributed by atoms with Gasteiger partial charge in [-0.15, -0.1) is 0 Å². The van der Waals surface area contributed by atoms with Crippen LogP contribution in [0.2, 0.25) is 0 Å². The highest BCUT2D eigenvalue weighted by molar-refractivity contribution is 9.10. The largest absolute Gasteiger partial charge is 0.489 e. The SMILES string of the molecule is CC(C)C(C)Oc1ccc(/C(N)=N/O)cc1Br. The van der Waals surface area contributed by atoms with Gasteiger partial charge in [0.1, 0.15) is 5.75 Å². The summed E-state index contributed by atoms with van der Waals surface area (Å²) < 4.78 is 6.57.